The Morgan fingerprint density at radius 3 is 2.59 bits per heavy atom. The predicted molar refractivity (Wildman–Crippen MR) is 110 cm³/mol. The van der Waals surface area contributed by atoms with Gasteiger partial charge in [-0.05, 0) is 26.3 Å². The molecule has 8 heteroatoms. The zero-order valence-electron chi connectivity index (χ0n) is 17.3. The number of carbonyl (C=O) groups is 1. The van der Waals surface area contributed by atoms with Gasteiger partial charge in [-0.15, -0.1) is 0 Å². The fraction of sp³-hybridized carbons (Fsp3) is 0.476. The molecule has 1 aromatic carbocycles. The number of aromatic nitrogens is 2. The molecule has 3 rings (SSSR count). The second-order valence-corrected chi connectivity index (χ2v) is 8.10. The highest BCUT2D eigenvalue weighted by molar-refractivity contribution is 5.68. The number of nitrogens with zero attached hydrogens (tertiary/aromatic N) is 3. The average Bonchev–Trinajstić information content (AvgIpc) is 2.66. The van der Waals surface area contributed by atoms with Gasteiger partial charge in [0.15, 0.2) is 0 Å². The summed E-state index contributed by atoms with van der Waals surface area (Å²) >= 11 is 0. The Kier molecular flexibility index (Phi) is 5.93. The van der Waals surface area contributed by atoms with Gasteiger partial charge < -0.3 is 20.1 Å². The van der Waals surface area contributed by atoms with Crippen molar-refractivity contribution in [3.05, 3.63) is 57.5 Å². The van der Waals surface area contributed by atoms with E-state index in [1.807, 2.05) is 51.1 Å². The molecule has 0 saturated carbocycles. The monoisotopic (exact) mass is 400 g/mol. The molecule has 2 heterocycles. The van der Waals surface area contributed by atoms with E-state index in [-0.39, 0.29) is 24.7 Å². The highest BCUT2D eigenvalue weighted by atomic mass is 16.6. The zero-order valence-corrected chi connectivity index (χ0v) is 17.3. The molecule has 0 aliphatic carbocycles. The molecule has 0 bridgehead atoms. The summed E-state index contributed by atoms with van der Waals surface area (Å²) in [5.41, 5.74) is 7.31. The molecule has 0 unspecified atom stereocenters. The molecule has 1 aliphatic heterocycles. The van der Waals surface area contributed by atoms with Crippen LogP contribution >= 0.6 is 0 Å². The van der Waals surface area contributed by atoms with Crippen molar-refractivity contribution < 1.29 is 14.3 Å². The van der Waals surface area contributed by atoms with Crippen LogP contribution in [0.15, 0.2) is 35.1 Å². The maximum Gasteiger partial charge on any atom is 0.410 e. The molecule has 1 aliphatic rings. The number of hydrogen-bond acceptors (Lipinski definition) is 6. The van der Waals surface area contributed by atoms with E-state index < -0.39 is 17.7 Å². The summed E-state index contributed by atoms with van der Waals surface area (Å²) in [4.78, 5) is 31.9. The summed E-state index contributed by atoms with van der Waals surface area (Å²) in [6.07, 6.45) is 0.0113. The molecule has 0 fully saturated rings. The van der Waals surface area contributed by atoms with Crippen LogP contribution in [-0.4, -0.2) is 46.4 Å². The number of rotatable bonds is 4. The third-order valence-electron chi connectivity index (χ3n) is 4.76. The van der Waals surface area contributed by atoms with E-state index in [1.54, 1.807) is 7.11 Å². The van der Waals surface area contributed by atoms with Gasteiger partial charge in [0.2, 0.25) is 5.95 Å². The van der Waals surface area contributed by atoms with Crippen molar-refractivity contribution in [3.63, 3.8) is 0 Å². The summed E-state index contributed by atoms with van der Waals surface area (Å²) in [5, 5.41) is 0. The van der Waals surface area contributed by atoms with Crippen molar-refractivity contribution in [2.45, 2.75) is 45.4 Å². The minimum Gasteiger partial charge on any atom is -0.444 e. The lowest BCUT2D eigenvalue weighted by molar-refractivity contribution is 0.0221. The summed E-state index contributed by atoms with van der Waals surface area (Å²) in [7, 11) is 1.58. The Bertz CT molecular complexity index is 934. The molecular formula is C21H28N4O4. The van der Waals surface area contributed by atoms with Crippen molar-refractivity contribution in [1.29, 1.82) is 0 Å². The lowest BCUT2D eigenvalue weighted by Gasteiger charge is -2.31. The van der Waals surface area contributed by atoms with Crippen LogP contribution in [0.3, 0.4) is 0 Å². The van der Waals surface area contributed by atoms with Crippen LogP contribution < -0.4 is 11.3 Å². The van der Waals surface area contributed by atoms with Gasteiger partial charge in [0, 0.05) is 20.1 Å². The van der Waals surface area contributed by atoms with E-state index in [1.165, 1.54) is 9.47 Å². The van der Waals surface area contributed by atoms with Gasteiger partial charge in [-0.1, -0.05) is 30.3 Å². The molecule has 8 nitrogen and oxygen atoms in total. The quantitative estimate of drug-likeness (QED) is 0.846. The van der Waals surface area contributed by atoms with Crippen molar-refractivity contribution in [2.24, 2.45) is 0 Å². The minimum atomic E-state index is -0.603. The van der Waals surface area contributed by atoms with Crippen LogP contribution in [0.1, 0.15) is 43.6 Å². The number of fused-ring (bicyclic) bond motifs is 1. The standard InChI is InChI=1S/C21H28N4O4/c1-21(2,3)29-20(27)24-11-10-16-15(12-24)18(26)25(19(22)23-16)17(13-28-4)14-8-6-5-7-9-14/h5-9,17H,10-13H2,1-4H3,(H2,22,23)/t17-/m1/s1. The zero-order chi connectivity index (χ0) is 21.2. The lowest BCUT2D eigenvalue weighted by atomic mass is 10.0. The molecule has 156 valence electrons. The van der Waals surface area contributed by atoms with E-state index in [0.29, 0.717) is 24.2 Å². The van der Waals surface area contributed by atoms with Crippen LogP contribution in [0.4, 0.5) is 10.7 Å². The molecule has 0 saturated heterocycles. The number of nitrogens with two attached hydrogens (primary N) is 1. The molecule has 1 amide bonds. The van der Waals surface area contributed by atoms with Crippen LogP contribution in [0.5, 0.6) is 0 Å². The Morgan fingerprint density at radius 2 is 1.97 bits per heavy atom. The van der Waals surface area contributed by atoms with Gasteiger partial charge in [-0.25, -0.2) is 9.78 Å². The first-order valence-corrected chi connectivity index (χ1v) is 9.63. The number of ether oxygens (including phenoxy) is 2. The largest absolute Gasteiger partial charge is 0.444 e. The highest BCUT2D eigenvalue weighted by Crippen LogP contribution is 2.23. The van der Waals surface area contributed by atoms with E-state index in [4.69, 9.17) is 15.2 Å². The summed E-state index contributed by atoms with van der Waals surface area (Å²) < 4.78 is 12.3. The number of methoxy groups -OCH3 is 1. The number of hydrogen-bond donors (Lipinski definition) is 1. The summed E-state index contributed by atoms with van der Waals surface area (Å²) in [5.74, 6) is 0.144. The van der Waals surface area contributed by atoms with Crippen LogP contribution in [0, 0.1) is 0 Å². The van der Waals surface area contributed by atoms with Crippen LogP contribution in [0.2, 0.25) is 0 Å². The summed E-state index contributed by atoms with van der Waals surface area (Å²) in [6.45, 7) is 6.28. The maximum atomic E-state index is 13.4. The van der Waals surface area contributed by atoms with Gasteiger partial charge in [0.25, 0.3) is 5.56 Å². The molecule has 2 N–H and O–H groups in total. The van der Waals surface area contributed by atoms with Crippen molar-refractivity contribution in [3.8, 4) is 0 Å². The normalized spacial score (nSPS) is 15.0. The maximum absolute atomic E-state index is 13.4. The number of nitrogen functional groups attached to an aromatic ring is 1. The Hall–Kier alpha value is -2.87. The van der Waals surface area contributed by atoms with Gasteiger partial charge in [0.05, 0.1) is 30.5 Å². The molecule has 1 atom stereocenters. The van der Waals surface area contributed by atoms with E-state index in [0.717, 1.165) is 5.56 Å². The Labute approximate surface area is 170 Å². The first kappa shape index (κ1) is 20.9. The SMILES string of the molecule is COC[C@H](c1ccccc1)n1c(N)nc2c(c1=O)CN(C(=O)OC(C)(C)C)CC2. The van der Waals surface area contributed by atoms with E-state index >= 15 is 0 Å². The number of carbonyl (C=O) groups excluding carboxylic acids is 1. The van der Waals surface area contributed by atoms with Crippen LogP contribution in [0.25, 0.3) is 0 Å². The fourth-order valence-corrected chi connectivity index (χ4v) is 3.45. The second kappa shape index (κ2) is 8.24. The van der Waals surface area contributed by atoms with Gasteiger partial charge in [0.1, 0.15) is 5.60 Å². The molecule has 29 heavy (non-hydrogen) atoms. The Balaban J connectivity index is 1.99. The minimum absolute atomic E-state index is 0.144. The molecule has 0 spiro atoms. The number of anilines is 1. The fourth-order valence-electron chi connectivity index (χ4n) is 3.45. The molecule has 0 radical (unpaired) electrons. The lowest BCUT2D eigenvalue weighted by Crippen LogP contribution is -2.44. The molecular weight excluding hydrogens is 372 g/mol. The predicted octanol–water partition coefficient (Wildman–Crippen LogP) is 2.35. The van der Waals surface area contributed by atoms with Crippen molar-refractivity contribution in [2.75, 3.05) is 26.0 Å². The first-order valence-electron chi connectivity index (χ1n) is 9.63. The van der Waals surface area contributed by atoms with Gasteiger partial charge in [-0.3, -0.25) is 9.36 Å². The van der Waals surface area contributed by atoms with E-state index in [2.05, 4.69) is 4.98 Å². The number of amides is 1. The molecule has 1 aromatic heterocycles. The molecule has 2 aromatic rings. The van der Waals surface area contributed by atoms with Crippen molar-refractivity contribution in [1.82, 2.24) is 14.5 Å². The third-order valence-corrected chi connectivity index (χ3v) is 4.76. The van der Waals surface area contributed by atoms with Gasteiger partial charge in [-0.2, -0.15) is 0 Å². The van der Waals surface area contributed by atoms with Crippen molar-refractivity contribution >= 4 is 12.0 Å². The second-order valence-electron chi connectivity index (χ2n) is 8.10. The van der Waals surface area contributed by atoms with Gasteiger partial charge >= 0.3 is 6.09 Å². The smallest absolute Gasteiger partial charge is 0.410 e. The Morgan fingerprint density at radius 1 is 1.28 bits per heavy atom. The summed E-state index contributed by atoms with van der Waals surface area (Å²) in [6, 6.07) is 9.13. The first-order chi connectivity index (χ1) is 13.7. The van der Waals surface area contributed by atoms with E-state index in [9.17, 15) is 9.59 Å². The average molecular weight is 400 g/mol. The number of benzene rings is 1. The highest BCUT2D eigenvalue weighted by Gasteiger charge is 2.30. The van der Waals surface area contributed by atoms with Crippen LogP contribution in [-0.2, 0) is 22.4 Å². The topological polar surface area (TPSA) is 99.7 Å². The third kappa shape index (κ3) is 4.59.